The predicted octanol–water partition coefficient (Wildman–Crippen LogP) is 2.04. The van der Waals surface area contributed by atoms with Crippen molar-refractivity contribution < 1.29 is 14.3 Å². The highest BCUT2D eigenvalue weighted by Crippen LogP contribution is 2.24. The van der Waals surface area contributed by atoms with E-state index in [4.69, 9.17) is 21.1 Å². The van der Waals surface area contributed by atoms with E-state index in [1.807, 2.05) is 12.1 Å². The second-order valence-electron chi connectivity index (χ2n) is 5.79. The molecule has 1 aromatic carbocycles. The number of benzene rings is 1. The average Bonchev–Trinajstić information content (AvgIpc) is 2.97. The van der Waals surface area contributed by atoms with Gasteiger partial charge in [-0.1, -0.05) is 18.5 Å². The molecule has 0 aromatic heterocycles. The fourth-order valence-corrected chi connectivity index (χ4v) is 2.92. The molecule has 6 nitrogen and oxygen atoms in total. The van der Waals surface area contributed by atoms with E-state index in [0.717, 1.165) is 18.3 Å². The number of hydrogen-bond donors (Lipinski definition) is 1. The molecule has 2 unspecified atom stereocenters. The lowest BCUT2D eigenvalue weighted by Gasteiger charge is -2.21. The Labute approximate surface area is 147 Å². The highest BCUT2D eigenvalue weighted by Gasteiger charge is 2.36. The lowest BCUT2D eigenvalue weighted by atomic mass is 9.99. The molecule has 0 bridgehead atoms. The second kappa shape index (κ2) is 8.78. The van der Waals surface area contributed by atoms with E-state index in [2.05, 4.69) is 22.1 Å². The number of methoxy groups -OCH3 is 1. The van der Waals surface area contributed by atoms with Crippen LogP contribution in [0.5, 0.6) is 5.75 Å². The van der Waals surface area contributed by atoms with E-state index in [9.17, 15) is 4.79 Å². The standard InChI is InChI=1S/C17H24ClN3O3/c1-12-10-21(11-15(12)16(22)23-3)17(19-2)20-8-9-24-14-6-4-13(18)5-7-14/h4-7,12,15H,8-11H2,1-3H3,(H,19,20). The summed E-state index contributed by atoms with van der Waals surface area (Å²) >= 11 is 5.84. The number of aliphatic imine (C=N–C) groups is 1. The third-order valence-corrected chi connectivity index (χ3v) is 4.35. The molecule has 2 atom stereocenters. The van der Waals surface area contributed by atoms with Gasteiger partial charge in [-0.15, -0.1) is 0 Å². The Morgan fingerprint density at radius 2 is 2.08 bits per heavy atom. The Kier molecular flexibility index (Phi) is 6.73. The number of carbonyl (C=O) groups is 1. The number of hydrogen-bond acceptors (Lipinski definition) is 4. The molecule has 2 rings (SSSR count). The molecule has 0 amide bonds. The van der Waals surface area contributed by atoms with Crippen LogP contribution >= 0.6 is 11.6 Å². The summed E-state index contributed by atoms with van der Waals surface area (Å²) in [7, 11) is 3.16. The first kappa shape index (κ1) is 18.4. The third kappa shape index (κ3) is 4.77. The normalized spacial score (nSPS) is 20.8. The molecule has 0 spiro atoms. The van der Waals surface area contributed by atoms with Crippen LogP contribution in [0.2, 0.25) is 5.02 Å². The van der Waals surface area contributed by atoms with Crippen molar-refractivity contribution in [3.8, 4) is 5.75 Å². The van der Waals surface area contributed by atoms with E-state index < -0.39 is 0 Å². The molecule has 1 N–H and O–H groups in total. The Morgan fingerprint density at radius 3 is 2.71 bits per heavy atom. The molecular weight excluding hydrogens is 330 g/mol. The molecule has 132 valence electrons. The van der Waals surface area contributed by atoms with Gasteiger partial charge in [0, 0.05) is 25.2 Å². The van der Waals surface area contributed by atoms with Crippen LogP contribution in [0.3, 0.4) is 0 Å². The van der Waals surface area contributed by atoms with Crippen molar-refractivity contribution in [2.75, 3.05) is 40.4 Å². The summed E-state index contributed by atoms with van der Waals surface area (Å²) in [5, 5.41) is 3.95. The number of ether oxygens (including phenoxy) is 2. The minimum atomic E-state index is -0.161. The maximum Gasteiger partial charge on any atom is 0.310 e. The second-order valence-corrected chi connectivity index (χ2v) is 6.22. The minimum absolute atomic E-state index is 0.112. The van der Waals surface area contributed by atoms with Crippen LogP contribution in [0.15, 0.2) is 29.3 Å². The van der Waals surface area contributed by atoms with Gasteiger partial charge in [-0.2, -0.15) is 0 Å². The minimum Gasteiger partial charge on any atom is -0.492 e. The van der Waals surface area contributed by atoms with Crippen molar-refractivity contribution in [1.82, 2.24) is 10.2 Å². The number of carbonyl (C=O) groups excluding carboxylic acids is 1. The van der Waals surface area contributed by atoms with Crippen molar-refractivity contribution in [1.29, 1.82) is 0 Å². The molecule has 1 aliphatic rings. The van der Waals surface area contributed by atoms with Crippen molar-refractivity contribution in [2.24, 2.45) is 16.8 Å². The number of nitrogens with one attached hydrogen (secondary N) is 1. The highest BCUT2D eigenvalue weighted by molar-refractivity contribution is 6.30. The number of esters is 1. The Hall–Kier alpha value is -1.95. The number of likely N-dealkylation sites (tertiary alicyclic amines) is 1. The fraction of sp³-hybridized carbons (Fsp3) is 0.529. The van der Waals surface area contributed by atoms with E-state index >= 15 is 0 Å². The summed E-state index contributed by atoms with van der Waals surface area (Å²) in [4.78, 5) is 18.1. The summed E-state index contributed by atoms with van der Waals surface area (Å²) in [6, 6.07) is 7.25. The summed E-state index contributed by atoms with van der Waals surface area (Å²) in [6.45, 7) is 4.56. The largest absolute Gasteiger partial charge is 0.492 e. The third-order valence-electron chi connectivity index (χ3n) is 4.10. The Bertz CT molecular complexity index is 577. The van der Waals surface area contributed by atoms with E-state index in [-0.39, 0.29) is 17.8 Å². The molecule has 7 heteroatoms. The lowest BCUT2D eigenvalue weighted by Crippen LogP contribution is -2.42. The predicted molar refractivity (Wildman–Crippen MR) is 94.6 cm³/mol. The zero-order valence-electron chi connectivity index (χ0n) is 14.3. The molecule has 1 saturated heterocycles. The van der Waals surface area contributed by atoms with Crippen molar-refractivity contribution in [3.05, 3.63) is 29.3 Å². The van der Waals surface area contributed by atoms with Gasteiger partial charge in [-0.25, -0.2) is 0 Å². The van der Waals surface area contributed by atoms with Gasteiger partial charge in [0.25, 0.3) is 0 Å². The van der Waals surface area contributed by atoms with Crippen LogP contribution in [0, 0.1) is 11.8 Å². The quantitative estimate of drug-likeness (QED) is 0.380. The maximum absolute atomic E-state index is 11.8. The smallest absolute Gasteiger partial charge is 0.310 e. The highest BCUT2D eigenvalue weighted by atomic mass is 35.5. The van der Waals surface area contributed by atoms with Crippen LogP contribution in [0.1, 0.15) is 6.92 Å². The Balaban J connectivity index is 1.78. The average molecular weight is 354 g/mol. The Morgan fingerprint density at radius 1 is 1.38 bits per heavy atom. The lowest BCUT2D eigenvalue weighted by molar-refractivity contribution is -0.145. The number of guanidine groups is 1. The van der Waals surface area contributed by atoms with Gasteiger partial charge in [0.15, 0.2) is 5.96 Å². The van der Waals surface area contributed by atoms with Gasteiger partial charge in [-0.05, 0) is 30.2 Å². The van der Waals surface area contributed by atoms with Crippen LogP contribution in [-0.2, 0) is 9.53 Å². The van der Waals surface area contributed by atoms with Crippen molar-refractivity contribution >= 4 is 23.5 Å². The maximum atomic E-state index is 11.8. The van der Waals surface area contributed by atoms with Crippen LogP contribution in [0.4, 0.5) is 0 Å². The van der Waals surface area contributed by atoms with E-state index in [1.54, 1.807) is 19.2 Å². The zero-order chi connectivity index (χ0) is 17.5. The molecule has 0 aliphatic carbocycles. The monoisotopic (exact) mass is 353 g/mol. The topological polar surface area (TPSA) is 63.2 Å². The molecule has 1 aromatic rings. The van der Waals surface area contributed by atoms with Gasteiger partial charge < -0.3 is 19.7 Å². The van der Waals surface area contributed by atoms with E-state index in [1.165, 1.54) is 7.11 Å². The molecule has 1 fully saturated rings. The number of nitrogens with zero attached hydrogens (tertiary/aromatic N) is 2. The number of halogens is 1. The first-order valence-electron chi connectivity index (χ1n) is 7.97. The van der Waals surface area contributed by atoms with Crippen LogP contribution in [0.25, 0.3) is 0 Å². The van der Waals surface area contributed by atoms with Gasteiger partial charge in [0.2, 0.25) is 0 Å². The zero-order valence-corrected chi connectivity index (χ0v) is 15.0. The molecule has 0 saturated carbocycles. The molecule has 1 heterocycles. The van der Waals surface area contributed by atoms with Crippen LogP contribution < -0.4 is 10.1 Å². The van der Waals surface area contributed by atoms with Crippen molar-refractivity contribution in [2.45, 2.75) is 6.92 Å². The van der Waals surface area contributed by atoms with Gasteiger partial charge >= 0.3 is 5.97 Å². The molecule has 1 aliphatic heterocycles. The van der Waals surface area contributed by atoms with Gasteiger partial charge in [0.1, 0.15) is 12.4 Å². The first-order valence-corrected chi connectivity index (χ1v) is 8.34. The van der Waals surface area contributed by atoms with Gasteiger partial charge in [0.05, 0.1) is 19.6 Å². The summed E-state index contributed by atoms with van der Waals surface area (Å²) < 4.78 is 10.5. The fourth-order valence-electron chi connectivity index (χ4n) is 2.79. The summed E-state index contributed by atoms with van der Waals surface area (Å²) in [5.41, 5.74) is 0. The van der Waals surface area contributed by atoms with Gasteiger partial charge in [-0.3, -0.25) is 9.79 Å². The molecule has 0 radical (unpaired) electrons. The van der Waals surface area contributed by atoms with Crippen molar-refractivity contribution in [3.63, 3.8) is 0 Å². The summed E-state index contributed by atoms with van der Waals surface area (Å²) in [6.07, 6.45) is 0. The van der Waals surface area contributed by atoms with Crippen LogP contribution in [-0.4, -0.2) is 57.2 Å². The summed E-state index contributed by atoms with van der Waals surface area (Å²) in [5.74, 6) is 1.51. The molecule has 24 heavy (non-hydrogen) atoms. The first-order chi connectivity index (χ1) is 11.5. The van der Waals surface area contributed by atoms with E-state index in [0.29, 0.717) is 24.7 Å². The molecular formula is C17H24ClN3O3. The SMILES string of the molecule is CN=C(NCCOc1ccc(Cl)cc1)N1CC(C)C(C(=O)OC)C1. The number of rotatable bonds is 5.